The fraction of sp³-hybridized carbons (Fsp3) is 0.125. The number of anilines is 1. The first-order chi connectivity index (χ1) is 11.1. The Hall–Kier alpha value is -1.82. The van der Waals surface area contributed by atoms with Gasteiger partial charge in [-0.2, -0.15) is 5.10 Å². The van der Waals surface area contributed by atoms with Gasteiger partial charge in [-0.3, -0.25) is 9.67 Å². The SMILES string of the molecule is S=c1[nH]nc(CCNc2ccc(Cl)cc2)n1-c1ccc(Cl)cc1. The zero-order chi connectivity index (χ0) is 16.2. The van der Waals surface area contributed by atoms with Crippen LogP contribution in [0.3, 0.4) is 0 Å². The molecule has 0 bridgehead atoms. The van der Waals surface area contributed by atoms with Crippen molar-refractivity contribution in [3.63, 3.8) is 0 Å². The van der Waals surface area contributed by atoms with Crippen molar-refractivity contribution in [1.29, 1.82) is 0 Å². The van der Waals surface area contributed by atoms with E-state index in [0.29, 0.717) is 9.79 Å². The molecule has 0 radical (unpaired) electrons. The van der Waals surface area contributed by atoms with Crippen LogP contribution < -0.4 is 5.32 Å². The lowest BCUT2D eigenvalue weighted by atomic mass is 10.3. The first-order valence-electron chi connectivity index (χ1n) is 7.05. The maximum atomic E-state index is 5.94. The van der Waals surface area contributed by atoms with E-state index in [-0.39, 0.29) is 0 Å². The van der Waals surface area contributed by atoms with Gasteiger partial charge in [0.15, 0.2) is 4.77 Å². The predicted molar refractivity (Wildman–Crippen MR) is 97.4 cm³/mol. The van der Waals surface area contributed by atoms with Gasteiger partial charge in [-0.1, -0.05) is 23.2 Å². The Morgan fingerprint density at radius 1 is 1.00 bits per heavy atom. The number of benzene rings is 2. The third-order valence-corrected chi connectivity index (χ3v) is 4.13. The second-order valence-electron chi connectivity index (χ2n) is 4.94. The summed E-state index contributed by atoms with van der Waals surface area (Å²) in [6.45, 7) is 0.731. The molecule has 0 spiro atoms. The predicted octanol–water partition coefficient (Wildman–Crippen LogP) is 4.89. The standard InChI is InChI=1S/C16H14Cl2N4S/c17-11-1-5-13(6-2-11)19-10-9-15-20-21-16(23)22(15)14-7-3-12(18)4-8-14/h1-8,19H,9-10H2,(H,21,23). The number of halogens is 2. The van der Waals surface area contributed by atoms with Gasteiger partial charge in [-0.05, 0) is 60.7 Å². The van der Waals surface area contributed by atoms with Crippen LogP contribution >= 0.6 is 35.4 Å². The topological polar surface area (TPSA) is 45.6 Å². The molecule has 0 saturated heterocycles. The monoisotopic (exact) mass is 364 g/mol. The van der Waals surface area contributed by atoms with Crippen molar-refractivity contribution in [2.24, 2.45) is 0 Å². The average molecular weight is 365 g/mol. The highest BCUT2D eigenvalue weighted by Gasteiger charge is 2.08. The first-order valence-corrected chi connectivity index (χ1v) is 8.21. The van der Waals surface area contributed by atoms with E-state index in [1.54, 1.807) is 0 Å². The number of rotatable bonds is 5. The molecule has 1 aromatic heterocycles. The van der Waals surface area contributed by atoms with Gasteiger partial charge in [-0.25, -0.2) is 0 Å². The van der Waals surface area contributed by atoms with Gasteiger partial charge in [0.1, 0.15) is 5.82 Å². The molecule has 0 unspecified atom stereocenters. The zero-order valence-electron chi connectivity index (χ0n) is 12.1. The fourth-order valence-corrected chi connectivity index (χ4v) is 2.75. The molecule has 0 aliphatic rings. The second-order valence-corrected chi connectivity index (χ2v) is 6.20. The van der Waals surface area contributed by atoms with Crippen LogP contribution in [0.2, 0.25) is 10.0 Å². The van der Waals surface area contributed by atoms with Crippen molar-refractivity contribution in [1.82, 2.24) is 14.8 Å². The minimum absolute atomic E-state index is 0.564. The quantitative estimate of drug-likeness (QED) is 0.633. The van der Waals surface area contributed by atoms with Crippen molar-refractivity contribution in [3.8, 4) is 5.69 Å². The summed E-state index contributed by atoms with van der Waals surface area (Å²) in [6, 6.07) is 15.1. The van der Waals surface area contributed by atoms with Gasteiger partial charge in [0.2, 0.25) is 0 Å². The maximum absolute atomic E-state index is 5.94. The van der Waals surface area contributed by atoms with E-state index in [2.05, 4.69) is 15.5 Å². The van der Waals surface area contributed by atoms with Gasteiger partial charge in [-0.15, -0.1) is 0 Å². The van der Waals surface area contributed by atoms with Crippen LogP contribution in [-0.2, 0) is 6.42 Å². The third-order valence-electron chi connectivity index (χ3n) is 3.35. The van der Waals surface area contributed by atoms with Crippen LogP contribution in [0.5, 0.6) is 0 Å². The fourth-order valence-electron chi connectivity index (χ4n) is 2.24. The number of hydrogen-bond donors (Lipinski definition) is 2. The zero-order valence-corrected chi connectivity index (χ0v) is 14.4. The lowest BCUT2D eigenvalue weighted by Gasteiger charge is -2.09. The molecule has 0 atom stereocenters. The number of hydrogen-bond acceptors (Lipinski definition) is 3. The van der Waals surface area contributed by atoms with E-state index in [1.165, 1.54) is 0 Å². The second kappa shape index (κ2) is 7.17. The van der Waals surface area contributed by atoms with Gasteiger partial charge >= 0.3 is 0 Å². The lowest BCUT2D eigenvalue weighted by molar-refractivity contribution is 0.848. The molecular weight excluding hydrogens is 351 g/mol. The molecule has 0 fully saturated rings. The Morgan fingerprint density at radius 2 is 1.61 bits per heavy atom. The Bertz CT molecular complexity index is 838. The molecule has 23 heavy (non-hydrogen) atoms. The molecule has 0 aliphatic carbocycles. The van der Waals surface area contributed by atoms with E-state index in [9.17, 15) is 0 Å². The van der Waals surface area contributed by atoms with Crippen LogP contribution in [0.4, 0.5) is 5.69 Å². The number of aromatic amines is 1. The van der Waals surface area contributed by atoms with Crippen molar-refractivity contribution < 1.29 is 0 Å². The smallest absolute Gasteiger partial charge is 0.199 e. The van der Waals surface area contributed by atoms with Gasteiger partial charge < -0.3 is 5.32 Å². The molecule has 1 heterocycles. The Morgan fingerprint density at radius 3 is 2.26 bits per heavy atom. The van der Waals surface area contributed by atoms with E-state index < -0.39 is 0 Å². The molecule has 4 nitrogen and oxygen atoms in total. The van der Waals surface area contributed by atoms with Crippen molar-refractivity contribution in [3.05, 3.63) is 69.2 Å². The van der Waals surface area contributed by atoms with Gasteiger partial charge in [0, 0.05) is 34.4 Å². The van der Waals surface area contributed by atoms with Crippen LogP contribution in [0.15, 0.2) is 48.5 Å². The van der Waals surface area contributed by atoms with Gasteiger partial charge in [0.25, 0.3) is 0 Å². The van der Waals surface area contributed by atoms with Crippen molar-refractivity contribution in [2.75, 3.05) is 11.9 Å². The Labute approximate surface area is 149 Å². The molecule has 2 N–H and O–H groups in total. The Balaban J connectivity index is 1.72. The van der Waals surface area contributed by atoms with Crippen molar-refractivity contribution >= 4 is 41.1 Å². The summed E-state index contributed by atoms with van der Waals surface area (Å²) in [5.41, 5.74) is 1.95. The highest BCUT2D eigenvalue weighted by molar-refractivity contribution is 7.71. The van der Waals surface area contributed by atoms with Crippen molar-refractivity contribution in [2.45, 2.75) is 6.42 Å². The minimum atomic E-state index is 0.564. The number of aromatic nitrogens is 3. The largest absolute Gasteiger partial charge is 0.385 e. The minimum Gasteiger partial charge on any atom is -0.385 e. The lowest BCUT2D eigenvalue weighted by Crippen LogP contribution is -2.09. The molecule has 7 heteroatoms. The Kier molecular flexibility index (Phi) is 5.00. The average Bonchev–Trinajstić information content (AvgIpc) is 2.91. The summed E-state index contributed by atoms with van der Waals surface area (Å²) in [5, 5.41) is 11.9. The maximum Gasteiger partial charge on any atom is 0.199 e. The summed E-state index contributed by atoms with van der Waals surface area (Å²) in [7, 11) is 0. The summed E-state index contributed by atoms with van der Waals surface area (Å²) >= 11 is 17.1. The number of H-pyrrole nitrogens is 1. The normalized spacial score (nSPS) is 10.7. The molecule has 0 saturated carbocycles. The van der Waals surface area contributed by atoms with E-state index in [0.717, 1.165) is 35.2 Å². The van der Waals surface area contributed by atoms with Crippen LogP contribution in [-0.4, -0.2) is 21.3 Å². The molecule has 3 aromatic rings. The highest BCUT2D eigenvalue weighted by Crippen LogP contribution is 2.16. The van der Waals surface area contributed by atoms with Crippen LogP contribution in [0.25, 0.3) is 5.69 Å². The summed E-state index contributed by atoms with van der Waals surface area (Å²) in [5.74, 6) is 0.860. The van der Waals surface area contributed by atoms with Crippen LogP contribution in [0.1, 0.15) is 5.82 Å². The highest BCUT2D eigenvalue weighted by atomic mass is 35.5. The van der Waals surface area contributed by atoms with E-state index in [4.69, 9.17) is 35.4 Å². The van der Waals surface area contributed by atoms with E-state index >= 15 is 0 Å². The summed E-state index contributed by atoms with van der Waals surface area (Å²) in [6.07, 6.45) is 0.721. The molecule has 0 aliphatic heterocycles. The summed E-state index contributed by atoms with van der Waals surface area (Å²) in [4.78, 5) is 0. The van der Waals surface area contributed by atoms with Crippen LogP contribution in [0, 0.1) is 4.77 Å². The molecule has 2 aromatic carbocycles. The van der Waals surface area contributed by atoms with Gasteiger partial charge in [0.05, 0.1) is 0 Å². The number of nitrogens with one attached hydrogen (secondary N) is 2. The molecule has 118 valence electrons. The molecule has 3 rings (SSSR count). The molecule has 0 amide bonds. The summed E-state index contributed by atoms with van der Waals surface area (Å²) < 4.78 is 2.48. The van der Waals surface area contributed by atoms with E-state index in [1.807, 2.05) is 53.1 Å². The number of nitrogens with zero attached hydrogens (tertiary/aromatic N) is 2. The molecular formula is C16H14Cl2N4S. The third kappa shape index (κ3) is 3.93. The first kappa shape index (κ1) is 16.1.